The molecule has 0 bridgehead atoms. The molecule has 0 fully saturated rings. The number of rotatable bonds is 3. The Bertz CT molecular complexity index is 1110. The highest BCUT2D eigenvalue weighted by Gasteiger charge is 2.37. The van der Waals surface area contributed by atoms with Crippen LogP contribution in [-0.2, 0) is 0 Å². The summed E-state index contributed by atoms with van der Waals surface area (Å²) in [7, 11) is 0. The van der Waals surface area contributed by atoms with Gasteiger partial charge in [-0.05, 0) is 15.9 Å². The molecule has 0 aromatic heterocycles. The maximum atomic E-state index is 6.64. The Balaban J connectivity index is 2.68. The molecule has 3 aromatic rings. The maximum Gasteiger partial charge on any atom is 0.0809 e. The molecule has 0 unspecified atom stereocenters. The quantitative estimate of drug-likeness (QED) is 0.141. The summed E-state index contributed by atoms with van der Waals surface area (Å²) in [5.41, 5.74) is 0.233. The van der Waals surface area contributed by atoms with Crippen LogP contribution in [0.3, 0.4) is 0 Å². The van der Waals surface area contributed by atoms with E-state index in [4.69, 9.17) is 162 Å². The third kappa shape index (κ3) is 5.07. The van der Waals surface area contributed by atoms with Crippen LogP contribution in [0.25, 0.3) is 0 Å². The lowest BCUT2D eigenvalue weighted by atomic mass is 9.84. The van der Waals surface area contributed by atoms with Gasteiger partial charge in [0, 0.05) is 22.6 Å². The van der Waals surface area contributed by atoms with Crippen LogP contribution in [0.1, 0.15) is 22.6 Å². The zero-order chi connectivity index (χ0) is 26.0. The van der Waals surface area contributed by atoms with E-state index >= 15 is 0 Å². The molecule has 0 aliphatic carbocycles. The molecule has 0 N–H and O–H groups in total. The highest BCUT2D eigenvalue weighted by atomic mass is 79.9. The second-order valence-corrected chi connectivity index (χ2v) is 12.5. The van der Waals surface area contributed by atoms with Gasteiger partial charge in [-0.2, -0.15) is 0 Å². The van der Waals surface area contributed by atoms with Crippen LogP contribution in [-0.4, -0.2) is 0 Å². The topological polar surface area (TPSA) is 0 Å². The molecule has 34 heavy (non-hydrogen) atoms. The Morgan fingerprint density at radius 3 is 0.706 bits per heavy atom. The Labute approximate surface area is 272 Å². The molecule has 0 nitrogen and oxygen atoms in total. The lowest BCUT2D eigenvalue weighted by Crippen LogP contribution is -2.11. The Morgan fingerprint density at radius 2 is 0.471 bits per heavy atom. The minimum Gasteiger partial charge on any atom is -0.0823 e. The van der Waals surface area contributed by atoms with Gasteiger partial charge in [-0.1, -0.05) is 162 Å². The molecule has 0 atom stereocenters. The molecular weight excluding hydrogens is 804 g/mol. The molecule has 0 saturated carbocycles. The van der Waals surface area contributed by atoms with E-state index in [1.807, 2.05) is 0 Å². The fourth-order valence-electron chi connectivity index (χ4n) is 3.06. The zero-order valence-electron chi connectivity index (χ0n) is 15.2. The number of hydrogen-bond acceptors (Lipinski definition) is 0. The summed E-state index contributed by atoms with van der Waals surface area (Å²) in [6.07, 6.45) is 0. The third-order valence-corrected chi connectivity index (χ3v) is 12.2. The van der Waals surface area contributed by atoms with Crippen molar-refractivity contribution in [3.05, 3.63) is 91.5 Å². The first-order valence-corrected chi connectivity index (χ1v) is 14.3. The molecule has 0 aliphatic heterocycles. The van der Waals surface area contributed by atoms with Crippen molar-refractivity contribution in [1.29, 1.82) is 0 Å². The van der Waals surface area contributed by atoms with Crippen molar-refractivity contribution in [2.75, 3.05) is 0 Å². The van der Waals surface area contributed by atoms with Crippen molar-refractivity contribution in [3.8, 4) is 0 Å². The van der Waals surface area contributed by atoms with E-state index in [0.717, 1.165) is 0 Å². The predicted molar refractivity (Wildman–Crippen MR) is 158 cm³/mol. The largest absolute Gasteiger partial charge is 0.0823 e. The fourth-order valence-corrected chi connectivity index (χ4v) is 7.51. The first-order chi connectivity index (χ1) is 15.7. The van der Waals surface area contributed by atoms with Crippen molar-refractivity contribution in [1.82, 2.24) is 0 Å². The SMILES string of the molecule is Clc1c(Cl)c(Cl)c(C(c2c(Cl)c(Cl)c(Cl)c(Cl)c2Cl)c2c(Cl)c(Cl)c(Br)c(Cl)c2Cl)c(Cl)c1Cl. The van der Waals surface area contributed by atoms with Gasteiger partial charge in [0.2, 0.25) is 0 Å². The van der Waals surface area contributed by atoms with Gasteiger partial charge in [0.25, 0.3) is 0 Å². The van der Waals surface area contributed by atoms with Gasteiger partial charge >= 0.3 is 0 Å². The van der Waals surface area contributed by atoms with Crippen molar-refractivity contribution in [2.45, 2.75) is 5.92 Å². The molecular formula is C19HBrCl14. The third-order valence-electron chi connectivity index (χ3n) is 4.60. The first kappa shape index (κ1) is 30.7. The first-order valence-electron chi connectivity index (χ1n) is 8.20. The minimum atomic E-state index is -1.21. The molecule has 0 aliphatic rings. The van der Waals surface area contributed by atoms with Gasteiger partial charge in [-0.3, -0.25) is 0 Å². The zero-order valence-corrected chi connectivity index (χ0v) is 27.4. The van der Waals surface area contributed by atoms with Crippen molar-refractivity contribution in [3.63, 3.8) is 0 Å². The average Bonchev–Trinajstić information content (AvgIpc) is 2.81. The van der Waals surface area contributed by atoms with Gasteiger partial charge in [-0.15, -0.1) is 0 Å². The lowest BCUT2D eigenvalue weighted by Gasteiger charge is -2.28. The van der Waals surface area contributed by atoms with Crippen LogP contribution in [0, 0.1) is 0 Å². The van der Waals surface area contributed by atoms with E-state index < -0.39 is 5.92 Å². The number of benzene rings is 3. The van der Waals surface area contributed by atoms with Gasteiger partial charge in [0.1, 0.15) is 0 Å². The predicted octanol–water partition coefficient (Wildman–Crippen LogP) is 14.8. The van der Waals surface area contributed by atoms with E-state index in [2.05, 4.69) is 15.9 Å². The Hall–Kier alpha value is 2.20. The van der Waals surface area contributed by atoms with Crippen molar-refractivity contribution in [2.24, 2.45) is 0 Å². The summed E-state index contributed by atoms with van der Waals surface area (Å²) >= 11 is 93.5. The molecule has 0 saturated heterocycles. The summed E-state index contributed by atoms with van der Waals surface area (Å²) in [4.78, 5) is 0. The standard InChI is InChI=1S/C19HBrCl14/c20-5-12(27)6(21)2(7(22)13(5)28)1(3-8(23)14(29)18(33)15(30)9(3)24)4-10(25)16(31)19(34)17(32)11(4)26/h1H. The molecule has 0 heterocycles. The second kappa shape index (κ2) is 11.7. The monoisotopic (exact) mass is 797 g/mol. The van der Waals surface area contributed by atoms with Gasteiger partial charge in [-0.25, -0.2) is 0 Å². The fraction of sp³-hybridized carbons (Fsp3) is 0.0526. The molecule has 0 spiro atoms. The molecule has 0 radical (unpaired) electrons. The Morgan fingerprint density at radius 1 is 0.294 bits per heavy atom. The summed E-state index contributed by atoms with van der Waals surface area (Å²) in [5, 5.41) is -1.11. The highest BCUT2D eigenvalue weighted by molar-refractivity contribution is 9.10. The second-order valence-electron chi connectivity index (χ2n) is 6.38. The molecule has 182 valence electrons. The summed E-state index contributed by atoms with van der Waals surface area (Å²) < 4.78 is 0.238. The Kier molecular flexibility index (Phi) is 10.6. The van der Waals surface area contributed by atoms with Crippen LogP contribution in [0.15, 0.2) is 4.47 Å². The molecule has 15 heteroatoms. The summed E-state index contributed by atoms with van der Waals surface area (Å²) in [6, 6.07) is 0. The highest BCUT2D eigenvalue weighted by Crippen LogP contribution is 2.58. The van der Waals surface area contributed by atoms with Crippen molar-refractivity contribution >= 4 is 178 Å². The number of halogens is 15. The normalized spacial score (nSPS) is 11.6. The van der Waals surface area contributed by atoms with Crippen LogP contribution in [0.5, 0.6) is 0 Å². The van der Waals surface area contributed by atoms with E-state index in [9.17, 15) is 0 Å². The van der Waals surface area contributed by atoms with Gasteiger partial charge < -0.3 is 0 Å². The van der Waals surface area contributed by atoms with Crippen LogP contribution < -0.4 is 0 Å². The summed E-state index contributed by atoms with van der Waals surface area (Å²) in [5.74, 6) is -1.21. The molecule has 0 amide bonds. The smallest absolute Gasteiger partial charge is 0.0809 e. The maximum absolute atomic E-state index is 6.64. The number of hydrogen-bond donors (Lipinski definition) is 0. The van der Waals surface area contributed by atoms with Crippen molar-refractivity contribution < 1.29 is 0 Å². The average molecular weight is 805 g/mol. The van der Waals surface area contributed by atoms with Gasteiger partial charge in [0.05, 0.1) is 74.8 Å². The summed E-state index contributed by atoms with van der Waals surface area (Å²) in [6.45, 7) is 0. The van der Waals surface area contributed by atoms with E-state index in [0.29, 0.717) is 0 Å². The van der Waals surface area contributed by atoms with Crippen LogP contribution >= 0.6 is 178 Å². The molecule has 3 aromatic carbocycles. The molecule has 3 rings (SSSR count). The van der Waals surface area contributed by atoms with Gasteiger partial charge in [0.15, 0.2) is 0 Å². The van der Waals surface area contributed by atoms with Crippen LogP contribution in [0.2, 0.25) is 70.3 Å². The van der Waals surface area contributed by atoms with E-state index in [1.54, 1.807) is 0 Å². The van der Waals surface area contributed by atoms with Crippen LogP contribution in [0.4, 0.5) is 0 Å². The van der Waals surface area contributed by atoms with E-state index in [1.165, 1.54) is 0 Å². The lowest BCUT2D eigenvalue weighted by molar-refractivity contribution is 0.978. The minimum absolute atomic E-state index is 0.0212. The van der Waals surface area contributed by atoms with E-state index in [-0.39, 0.29) is 91.5 Å².